The Balaban J connectivity index is 2.30. The van der Waals surface area contributed by atoms with Gasteiger partial charge in [-0.3, -0.25) is 0 Å². The molecule has 0 unspecified atom stereocenters. The highest BCUT2D eigenvalue weighted by Crippen LogP contribution is 2.30. The van der Waals surface area contributed by atoms with Gasteiger partial charge >= 0.3 is 0 Å². The van der Waals surface area contributed by atoms with Gasteiger partial charge in [-0.2, -0.15) is 0 Å². The normalized spacial score (nSPS) is 11.2. The first-order valence-electron chi connectivity index (χ1n) is 6.14. The Morgan fingerprint density at radius 2 is 2.00 bits per heavy atom. The van der Waals surface area contributed by atoms with Gasteiger partial charge in [0.25, 0.3) is 0 Å². The van der Waals surface area contributed by atoms with Crippen LogP contribution in [0.3, 0.4) is 0 Å². The van der Waals surface area contributed by atoms with Gasteiger partial charge in [0, 0.05) is 23.0 Å². The molecule has 1 aromatic carbocycles. The Kier molecular flexibility index (Phi) is 4.15. The molecule has 0 amide bonds. The van der Waals surface area contributed by atoms with Crippen LogP contribution in [0.5, 0.6) is 0 Å². The fourth-order valence-corrected chi connectivity index (χ4v) is 2.59. The van der Waals surface area contributed by atoms with Gasteiger partial charge < -0.3 is 5.32 Å². The van der Waals surface area contributed by atoms with Gasteiger partial charge in [0.05, 0.1) is 0 Å². The summed E-state index contributed by atoms with van der Waals surface area (Å²) < 4.78 is 13.9. The largest absolute Gasteiger partial charge is 0.310 e. The standard InChI is InChI=1S/C15H18FNS/c1-10(2)17-9-12-4-5-15(16)14(8-12)13-6-7-18-11(13)3/h4-8,10,17H,9H2,1-3H3. The third-order valence-corrected chi connectivity index (χ3v) is 3.74. The van der Waals surface area contributed by atoms with Gasteiger partial charge in [-0.05, 0) is 41.6 Å². The first kappa shape index (κ1) is 13.2. The molecule has 0 bridgehead atoms. The summed E-state index contributed by atoms with van der Waals surface area (Å²) in [5.41, 5.74) is 2.83. The number of hydrogen-bond acceptors (Lipinski definition) is 2. The first-order valence-corrected chi connectivity index (χ1v) is 7.02. The van der Waals surface area contributed by atoms with Crippen LogP contribution in [-0.2, 0) is 6.54 Å². The lowest BCUT2D eigenvalue weighted by atomic mass is 10.0. The summed E-state index contributed by atoms with van der Waals surface area (Å²) in [7, 11) is 0. The van der Waals surface area contributed by atoms with E-state index in [1.807, 2.05) is 30.5 Å². The molecule has 2 aromatic rings. The molecular weight excluding hydrogens is 245 g/mol. The molecule has 0 fully saturated rings. The molecule has 96 valence electrons. The highest BCUT2D eigenvalue weighted by atomic mass is 32.1. The Morgan fingerprint density at radius 3 is 2.61 bits per heavy atom. The van der Waals surface area contributed by atoms with Gasteiger partial charge in [0.1, 0.15) is 5.82 Å². The SMILES string of the molecule is Cc1sccc1-c1cc(CNC(C)C)ccc1F. The van der Waals surface area contributed by atoms with Crippen molar-refractivity contribution < 1.29 is 4.39 Å². The summed E-state index contributed by atoms with van der Waals surface area (Å²) in [5, 5.41) is 5.35. The second-order valence-electron chi connectivity index (χ2n) is 4.74. The molecule has 18 heavy (non-hydrogen) atoms. The van der Waals surface area contributed by atoms with Crippen LogP contribution in [0.25, 0.3) is 11.1 Å². The zero-order valence-electron chi connectivity index (χ0n) is 11.0. The smallest absolute Gasteiger partial charge is 0.131 e. The third kappa shape index (κ3) is 2.98. The second-order valence-corrected chi connectivity index (χ2v) is 5.86. The fraction of sp³-hybridized carbons (Fsp3) is 0.333. The molecule has 0 spiro atoms. The van der Waals surface area contributed by atoms with Crippen molar-refractivity contribution in [1.29, 1.82) is 0 Å². The Morgan fingerprint density at radius 1 is 1.22 bits per heavy atom. The van der Waals surface area contributed by atoms with E-state index >= 15 is 0 Å². The van der Waals surface area contributed by atoms with Crippen LogP contribution >= 0.6 is 11.3 Å². The molecule has 1 aromatic heterocycles. The number of nitrogens with one attached hydrogen (secondary N) is 1. The van der Waals surface area contributed by atoms with Crippen molar-refractivity contribution in [2.45, 2.75) is 33.4 Å². The maximum atomic E-state index is 13.9. The molecule has 2 rings (SSSR count). The maximum Gasteiger partial charge on any atom is 0.131 e. The zero-order chi connectivity index (χ0) is 13.1. The molecule has 1 N–H and O–H groups in total. The minimum absolute atomic E-state index is 0.148. The summed E-state index contributed by atoms with van der Waals surface area (Å²) in [4.78, 5) is 1.16. The summed E-state index contributed by atoms with van der Waals surface area (Å²) in [5.74, 6) is -0.148. The second kappa shape index (κ2) is 5.63. The number of hydrogen-bond donors (Lipinski definition) is 1. The summed E-state index contributed by atoms with van der Waals surface area (Å²) in [6.07, 6.45) is 0. The van der Waals surface area contributed by atoms with E-state index in [0.29, 0.717) is 11.6 Å². The molecular formula is C15H18FNS. The van der Waals surface area contributed by atoms with Crippen molar-refractivity contribution in [3.8, 4) is 11.1 Å². The summed E-state index contributed by atoms with van der Waals surface area (Å²) >= 11 is 1.65. The van der Waals surface area contributed by atoms with Crippen LogP contribution in [0, 0.1) is 12.7 Å². The average Bonchev–Trinajstić information content (AvgIpc) is 2.74. The maximum absolute atomic E-state index is 13.9. The number of halogens is 1. The molecule has 0 saturated carbocycles. The Bertz CT molecular complexity index is 531. The van der Waals surface area contributed by atoms with E-state index in [1.165, 1.54) is 0 Å². The topological polar surface area (TPSA) is 12.0 Å². The van der Waals surface area contributed by atoms with E-state index in [2.05, 4.69) is 19.2 Å². The number of benzene rings is 1. The van der Waals surface area contributed by atoms with Crippen molar-refractivity contribution in [2.24, 2.45) is 0 Å². The van der Waals surface area contributed by atoms with Crippen LogP contribution in [0.2, 0.25) is 0 Å². The van der Waals surface area contributed by atoms with Gasteiger partial charge in [0.2, 0.25) is 0 Å². The van der Waals surface area contributed by atoms with E-state index in [9.17, 15) is 4.39 Å². The Labute approximate surface area is 112 Å². The fourth-order valence-electron chi connectivity index (χ4n) is 1.88. The Hall–Kier alpha value is -1.19. The molecule has 1 nitrogen and oxygen atoms in total. The van der Waals surface area contributed by atoms with Crippen LogP contribution in [-0.4, -0.2) is 6.04 Å². The molecule has 0 aliphatic heterocycles. The third-order valence-electron chi connectivity index (χ3n) is 2.89. The quantitative estimate of drug-likeness (QED) is 0.864. The van der Waals surface area contributed by atoms with Crippen molar-refractivity contribution in [1.82, 2.24) is 5.32 Å². The van der Waals surface area contributed by atoms with Gasteiger partial charge in [0.15, 0.2) is 0 Å². The van der Waals surface area contributed by atoms with Gasteiger partial charge in [-0.25, -0.2) is 4.39 Å². The van der Waals surface area contributed by atoms with E-state index < -0.39 is 0 Å². The minimum atomic E-state index is -0.148. The predicted molar refractivity (Wildman–Crippen MR) is 76.4 cm³/mol. The molecule has 0 aliphatic carbocycles. The number of aryl methyl sites for hydroxylation is 1. The molecule has 3 heteroatoms. The van der Waals surface area contributed by atoms with Crippen LogP contribution < -0.4 is 5.32 Å². The average molecular weight is 263 g/mol. The van der Waals surface area contributed by atoms with E-state index in [4.69, 9.17) is 0 Å². The highest BCUT2D eigenvalue weighted by molar-refractivity contribution is 7.10. The minimum Gasteiger partial charge on any atom is -0.310 e. The van der Waals surface area contributed by atoms with Gasteiger partial charge in [-0.15, -0.1) is 11.3 Å². The van der Waals surface area contributed by atoms with Crippen LogP contribution in [0.4, 0.5) is 4.39 Å². The van der Waals surface area contributed by atoms with Crippen LogP contribution in [0.1, 0.15) is 24.3 Å². The van der Waals surface area contributed by atoms with Crippen molar-refractivity contribution in [2.75, 3.05) is 0 Å². The van der Waals surface area contributed by atoms with Crippen molar-refractivity contribution in [3.63, 3.8) is 0 Å². The molecule has 0 saturated heterocycles. The molecule has 1 heterocycles. The van der Waals surface area contributed by atoms with Crippen molar-refractivity contribution >= 4 is 11.3 Å². The first-order chi connectivity index (χ1) is 8.58. The molecule has 0 radical (unpaired) electrons. The number of thiophene rings is 1. The van der Waals surface area contributed by atoms with Crippen LogP contribution in [0.15, 0.2) is 29.6 Å². The van der Waals surface area contributed by atoms with Crippen molar-refractivity contribution in [3.05, 3.63) is 45.9 Å². The lowest BCUT2D eigenvalue weighted by molar-refractivity contribution is 0.586. The lowest BCUT2D eigenvalue weighted by Crippen LogP contribution is -2.21. The van der Waals surface area contributed by atoms with E-state index in [0.717, 1.165) is 22.5 Å². The lowest BCUT2D eigenvalue weighted by Gasteiger charge is -2.10. The van der Waals surface area contributed by atoms with Gasteiger partial charge in [-0.1, -0.05) is 19.9 Å². The summed E-state index contributed by atoms with van der Waals surface area (Å²) in [6.45, 7) is 7.01. The summed E-state index contributed by atoms with van der Waals surface area (Å²) in [6, 6.07) is 7.76. The van der Waals surface area contributed by atoms with E-state index in [-0.39, 0.29) is 5.82 Å². The highest BCUT2D eigenvalue weighted by Gasteiger charge is 2.09. The molecule has 0 aliphatic rings. The predicted octanol–water partition coefficient (Wildman–Crippen LogP) is 4.36. The molecule has 0 atom stereocenters. The van der Waals surface area contributed by atoms with E-state index in [1.54, 1.807) is 17.4 Å². The zero-order valence-corrected chi connectivity index (χ0v) is 11.8. The number of rotatable bonds is 4. The monoisotopic (exact) mass is 263 g/mol.